The monoisotopic (exact) mass is 253 g/mol. The number of hydrogen-bond donors (Lipinski definition) is 2. The Morgan fingerprint density at radius 2 is 2.18 bits per heavy atom. The van der Waals surface area contributed by atoms with E-state index in [1.807, 2.05) is 0 Å². The lowest BCUT2D eigenvalue weighted by atomic mass is 10.1. The topological polar surface area (TPSA) is 99.8 Å². The van der Waals surface area contributed by atoms with Crippen molar-refractivity contribution < 1.29 is 4.79 Å². The van der Waals surface area contributed by atoms with E-state index in [1.165, 1.54) is 10.8 Å². The van der Waals surface area contributed by atoms with Crippen LogP contribution in [0.3, 0.4) is 0 Å². The summed E-state index contributed by atoms with van der Waals surface area (Å²) in [5.41, 5.74) is 11.2. The molecule has 2 aromatic heterocycles. The Bertz CT molecular complexity index is 604. The summed E-state index contributed by atoms with van der Waals surface area (Å²) in [6.45, 7) is 3.31. The van der Waals surface area contributed by atoms with Gasteiger partial charge in [0.2, 0.25) is 11.9 Å². The molecule has 90 valence electrons. The van der Waals surface area contributed by atoms with E-state index < -0.39 is 11.4 Å². The molecule has 1 amide bonds. The summed E-state index contributed by atoms with van der Waals surface area (Å²) in [5, 5.41) is 0.457. The highest BCUT2D eigenvalue weighted by Gasteiger charge is 2.31. The average Bonchev–Trinajstić information content (AvgIpc) is 2.53. The van der Waals surface area contributed by atoms with Crippen molar-refractivity contribution in [1.29, 1.82) is 0 Å². The minimum atomic E-state index is -1.00. The molecular weight excluding hydrogens is 242 g/mol. The number of amides is 1. The summed E-state index contributed by atoms with van der Waals surface area (Å²) < 4.78 is 1.50. The number of carbonyl (C=O) groups is 1. The second-order valence-corrected chi connectivity index (χ2v) is 4.66. The number of nitrogen functional groups attached to an aromatic ring is 1. The predicted molar refractivity (Wildman–Crippen MR) is 65.5 cm³/mol. The fourth-order valence-corrected chi connectivity index (χ4v) is 1.77. The van der Waals surface area contributed by atoms with E-state index in [-0.39, 0.29) is 5.95 Å². The molecule has 6 nitrogen and oxygen atoms in total. The summed E-state index contributed by atoms with van der Waals surface area (Å²) in [5.74, 6) is -0.334. The maximum atomic E-state index is 11.4. The maximum absolute atomic E-state index is 11.4. The van der Waals surface area contributed by atoms with Crippen LogP contribution in [0.15, 0.2) is 12.3 Å². The molecule has 0 bridgehead atoms. The number of pyridine rings is 1. The molecule has 0 spiro atoms. The molecule has 0 unspecified atom stereocenters. The third-order valence-electron chi connectivity index (χ3n) is 2.65. The quantitative estimate of drug-likeness (QED) is 0.830. The first-order valence-electron chi connectivity index (χ1n) is 4.94. The molecule has 2 heterocycles. The van der Waals surface area contributed by atoms with Crippen LogP contribution < -0.4 is 11.5 Å². The zero-order valence-corrected chi connectivity index (χ0v) is 10.2. The molecule has 0 aliphatic carbocycles. The number of anilines is 1. The normalized spacial score (nSPS) is 11.9. The van der Waals surface area contributed by atoms with E-state index >= 15 is 0 Å². The van der Waals surface area contributed by atoms with Crippen LogP contribution in [0.2, 0.25) is 5.02 Å². The number of rotatable bonds is 2. The average molecular weight is 254 g/mol. The molecule has 7 heteroatoms. The molecule has 0 radical (unpaired) electrons. The van der Waals surface area contributed by atoms with Gasteiger partial charge in [0.15, 0.2) is 5.65 Å². The van der Waals surface area contributed by atoms with Crippen LogP contribution in [-0.4, -0.2) is 20.4 Å². The van der Waals surface area contributed by atoms with Crippen molar-refractivity contribution in [3.8, 4) is 0 Å². The van der Waals surface area contributed by atoms with Gasteiger partial charge < -0.3 is 11.5 Å². The predicted octanol–water partition coefficient (Wildman–Crippen LogP) is 0.887. The van der Waals surface area contributed by atoms with Crippen LogP contribution in [0.25, 0.3) is 11.2 Å². The molecular formula is C10H12ClN5O. The lowest BCUT2D eigenvalue weighted by Gasteiger charge is -2.23. The minimum absolute atomic E-state index is 0.179. The van der Waals surface area contributed by atoms with E-state index in [0.29, 0.717) is 16.2 Å². The van der Waals surface area contributed by atoms with Gasteiger partial charge in [-0.1, -0.05) is 11.6 Å². The van der Waals surface area contributed by atoms with Gasteiger partial charge in [0, 0.05) is 6.20 Å². The van der Waals surface area contributed by atoms with Crippen LogP contribution in [0.1, 0.15) is 13.8 Å². The molecule has 0 atom stereocenters. The van der Waals surface area contributed by atoms with Crippen LogP contribution in [0.5, 0.6) is 0 Å². The van der Waals surface area contributed by atoms with E-state index in [0.717, 1.165) is 0 Å². The first-order valence-corrected chi connectivity index (χ1v) is 5.31. The van der Waals surface area contributed by atoms with Crippen LogP contribution in [0.4, 0.5) is 5.95 Å². The van der Waals surface area contributed by atoms with Crippen molar-refractivity contribution >= 4 is 34.6 Å². The Kier molecular flexibility index (Phi) is 2.46. The molecule has 17 heavy (non-hydrogen) atoms. The van der Waals surface area contributed by atoms with E-state index in [4.69, 9.17) is 23.1 Å². The molecule has 0 aromatic carbocycles. The van der Waals surface area contributed by atoms with Crippen molar-refractivity contribution in [1.82, 2.24) is 14.5 Å². The maximum Gasteiger partial charge on any atom is 0.243 e. The number of hydrogen-bond acceptors (Lipinski definition) is 4. The van der Waals surface area contributed by atoms with Crippen molar-refractivity contribution in [3.63, 3.8) is 0 Å². The molecule has 0 aliphatic heterocycles. The molecule has 0 aliphatic rings. The number of primary amides is 1. The largest absolute Gasteiger partial charge is 0.369 e. The summed E-state index contributed by atoms with van der Waals surface area (Å²) in [6.07, 6.45) is 1.47. The lowest BCUT2D eigenvalue weighted by Crippen LogP contribution is -2.41. The fraction of sp³-hybridized carbons (Fsp3) is 0.300. The van der Waals surface area contributed by atoms with Gasteiger partial charge in [-0.2, -0.15) is 0 Å². The summed E-state index contributed by atoms with van der Waals surface area (Å²) in [7, 11) is 0. The number of carbonyl (C=O) groups excluding carboxylic acids is 1. The van der Waals surface area contributed by atoms with Gasteiger partial charge in [0.05, 0.1) is 5.02 Å². The first kappa shape index (κ1) is 11.7. The zero-order valence-electron chi connectivity index (χ0n) is 9.44. The number of fused-ring (bicyclic) bond motifs is 1. The van der Waals surface area contributed by atoms with Crippen LogP contribution in [0, 0.1) is 0 Å². The zero-order chi connectivity index (χ0) is 12.8. The summed E-state index contributed by atoms with van der Waals surface area (Å²) in [4.78, 5) is 19.7. The summed E-state index contributed by atoms with van der Waals surface area (Å²) >= 11 is 5.81. The van der Waals surface area contributed by atoms with Gasteiger partial charge in [0.25, 0.3) is 0 Å². The van der Waals surface area contributed by atoms with Crippen LogP contribution in [-0.2, 0) is 10.3 Å². The molecule has 0 saturated carbocycles. The molecule has 2 rings (SSSR count). The highest BCUT2D eigenvalue weighted by molar-refractivity contribution is 6.31. The standard InChI is InChI=1S/C10H12ClN5O/c1-10(2,8(12)17)16-7-6(15-9(16)13)3-5(11)4-14-7/h3-4H,1-2H3,(H2,12,17)(H2,13,15). The van der Waals surface area contributed by atoms with E-state index in [1.54, 1.807) is 19.9 Å². The highest BCUT2D eigenvalue weighted by Crippen LogP contribution is 2.26. The number of halogens is 1. The Labute approximate surface area is 103 Å². The molecule has 4 N–H and O–H groups in total. The van der Waals surface area contributed by atoms with Gasteiger partial charge >= 0.3 is 0 Å². The SMILES string of the molecule is CC(C)(C(N)=O)n1c(N)nc2cc(Cl)cnc21. The molecule has 0 saturated heterocycles. The highest BCUT2D eigenvalue weighted by atomic mass is 35.5. The van der Waals surface area contributed by atoms with Crippen molar-refractivity contribution in [3.05, 3.63) is 17.3 Å². The van der Waals surface area contributed by atoms with Gasteiger partial charge in [-0.3, -0.25) is 9.36 Å². The van der Waals surface area contributed by atoms with Gasteiger partial charge in [-0.05, 0) is 19.9 Å². The summed E-state index contributed by atoms with van der Waals surface area (Å²) in [6, 6.07) is 1.63. The third kappa shape index (κ3) is 1.70. The van der Waals surface area contributed by atoms with Gasteiger partial charge in [0.1, 0.15) is 11.1 Å². The Hall–Kier alpha value is -1.82. The molecule has 2 aromatic rings. The van der Waals surface area contributed by atoms with Gasteiger partial charge in [-0.25, -0.2) is 9.97 Å². The lowest BCUT2D eigenvalue weighted by molar-refractivity contribution is -0.124. The number of aromatic nitrogens is 3. The fourth-order valence-electron chi connectivity index (χ4n) is 1.62. The minimum Gasteiger partial charge on any atom is -0.369 e. The second kappa shape index (κ2) is 3.59. The Balaban J connectivity index is 2.78. The van der Waals surface area contributed by atoms with Crippen LogP contribution >= 0.6 is 11.6 Å². The number of imidazole rings is 1. The van der Waals surface area contributed by atoms with E-state index in [9.17, 15) is 4.79 Å². The van der Waals surface area contributed by atoms with Gasteiger partial charge in [-0.15, -0.1) is 0 Å². The molecule has 0 fully saturated rings. The van der Waals surface area contributed by atoms with E-state index in [2.05, 4.69) is 9.97 Å². The number of nitrogens with two attached hydrogens (primary N) is 2. The third-order valence-corrected chi connectivity index (χ3v) is 2.86. The second-order valence-electron chi connectivity index (χ2n) is 4.22. The smallest absolute Gasteiger partial charge is 0.243 e. The first-order chi connectivity index (χ1) is 7.84. The Morgan fingerprint density at radius 3 is 2.76 bits per heavy atom. The Morgan fingerprint density at radius 1 is 1.53 bits per heavy atom. The van der Waals surface area contributed by atoms with Crippen molar-refractivity contribution in [2.75, 3.05) is 5.73 Å². The number of nitrogens with zero attached hydrogens (tertiary/aromatic N) is 3. The van der Waals surface area contributed by atoms with Crippen molar-refractivity contribution in [2.45, 2.75) is 19.4 Å². The van der Waals surface area contributed by atoms with Crippen molar-refractivity contribution in [2.24, 2.45) is 5.73 Å².